The summed E-state index contributed by atoms with van der Waals surface area (Å²) in [7, 11) is 3.88. The predicted octanol–water partition coefficient (Wildman–Crippen LogP) is 1.68. The van der Waals surface area contributed by atoms with Crippen LogP contribution in [-0.2, 0) is 9.63 Å². The first kappa shape index (κ1) is 16.9. The minimum atomic E-state index is -0.527. The highest BCUT2D eigenvalue weighted by molar-refractivity contribution is 5.85. The minimum Gasteiger partial charge on any atom is -0.394 e. The van der Waals surface area contributed by atoms with E-state index in [1.807, 2.05) is 25.1 Å². The first-order chi connectivity index (χ1) is 10.6. The van der Waals surface area contributed by atoms with Gasteiger partial charge >= 0.3 is 0 Å². The number of hydroxylamine groups is 1. The highest BCUT2D eigenvalue weighted by Crippen LogP contribution is 2.40. The molecule has 0 heterocycles. The molecule has 1 amide bonds. The number of benzene rings is 1. The van der Waals surface area contributed by atoms with Gasteiger partial charge in [0.2, 0.25) is 0 Å². The van der Waals surface area contributed by atoms with Crippen LogP contribution in [0.25, 0.3) is 0 Å². The zero-order valence-electron chi connectivity index (χ0n) is 13.4. The second-order valence-electron chi connectivity index (χ2n) is 6.11. The van der Waals surface area contributed by atoms with Crippen molar-refractivity contribution in [3.63, 3.8) is 0 Å². The second kappa shape index (κ2) is 7.72. The van der Waals surface area contributed by atoms with Crippen molar-refractivity contribution in [3.8, 4) is 0 Å². The number of likely N-dealkylation sites (N-methyl/N-ethyl adjacent to an activating group) is 1. The minimum absolute atomic E-state index is 0.106. The normalized spacial score (nSPS) is 25.2. The number of carbonyl (C=O) groups is 1. The fourth-order valence-corrected chi connectivity index (χ4v) is 3.29. The van der Waals surface area contributed by atoms with Crippen molar-refractivity contribution < 1.29 is 14.7 Å². The van der Waals surface area contributed by atoms with E-state index in [9.17, 15) is 4.79 Å². The molecule has 1 saturated carbocycles. The number of amides is 1. The monoisotopic (exact) mass is 306 g/mol. The molecule has 0 unspecified atom stereocenters. The van der Waals surface area contributed by atoms with Gasteiger partial charge < -0.3 is 5.11 Å². The molecule has 1 fully saturated rings. The Hall–Kier alpha value is -1.43. The molecule has 0 bridgehead atoms. The summed E-state index contributed by atoms with van der Waals surface area (Å²) in [6.45, 7) is 0.00716. The largest absolute Gasteiger partial charge is 0.394 e. The van der Waals surface area contributed by atoms with E-state index in [-0.39, 0.29) is 19.1 Å². The lowest BCUT2D eigenvalue weighted by atomic mass is 9.73. The van der Waals surface area contributed by atoms with Crippen LogP contribution in [0.2, 0.25) is 0 Å². The van der Waals surface area contributed by atoms with E-state index in [1.54, 1.807) is 0 Å². The zero-order valence-corrected chi connectivity index (χ0v) is 13.4. The molecular weight excluding hydrogens is 280 g/mol. The van der Waals surface area contributed by atoms with E-state index >= 15 is 0 Å². The number of rotatable bonds is 6. The summed E-state index contributed by atoms with van der Waals surface area (Å²) in [6.07, 6.45) is 3.56. The standard InChI is InChI=1S/C17H26N2O3/c1-19(2)17(16(21)18-22-13-12-20)10-8-15(9-11-17)14-6-4-3-5-7-14/h3-7,15,20H,8-13H2,1-2H3,(H,18,21). The van der Waals surface area contributed by atoms with Crippen LogP contribution in [-0.4, -0.2) is 48.8 Å². The molecule has 0 spiro atoms. The van der Waals surface area contributed by atoms with E-state index < -0.39 is 5.54 Å². The van der Waals surface area contributed by atoms with Crippen LogP contribution in [0, 0.1) is 0 Å². The van der Waals surface area contributed by atoms with Gasteiger partial charge in [0.25, 0.3) is 5.91 Å². The van der Waals surface area contributed by atoms with E-state index in [4.69, 9.17) is 9.94 Å². The summed E-state index contributed by atoms with van der Waals surface area (Å²) in [5.74, 6) is 0.401. The molecule has 5 nitrogen and oxygen atoms in total. The van der Waals surface area contributed by atoms with Crippen molar-refractivity contribution in [2.24, 2.45) is 0 Å². The number of aliphatic hydroxyl groups excluding tert-OH is 1. The lowest BCUT2D eigenvalue weighted by molar-refractivity contribution is -0.148. The van der Waals surface area contributed by atoms with Crippen molar-refractivity contribution in [2.45, 2.75) is 37.1 Å². The molecule has 1 aliphatic rings. The third kappa shape index (κ3) is 3.66. The smallest absolute Gasteiger partial charge is 0.264 e. The fourth-order valence-electron chi connectivity index (χ4n) is 3.29. The molecule has 0 aliphatic heterocycles. The van der Waals surface area contributed by atoms with Crippen LogP contribution in [0.15, 0.2) is 30.3 Å². The van der Waals surface area contributed by atoms with Gasteiger partial charge in [0.05, 0.1) is 13.2 Å². The average Bonchev–Trinajstić information content (AvgIpc) is 2.55. The van der Waals surface area contributed by atoms with Crippen molar-refractivity contribution in [1.29, 1.82) is 0 Å². The molecule has 0 aromatic heterocycles. The summed E-state index contributed by atoms with van der Waals surface area (Å²) in [5.41, 5.74) is 3.32. The number of hydrogen-bond acceptors (Lipinski definition) is 4. The molecule has 22 heavy (non-hydrogen) atoms. The number of nitrogens with one attached hydrogen (secondary N) is 1. The van der Waals surface area contributed by atoms with Gasteiger partial charge in [-0.05, 0) is 51.3 Å². The number of hydrogen-bond donors (Lipinski definition) is 2. The van der Waals surface area contributed by atoms with Gasteiger partial charge in [-0.2, -0.15) is 0 Å². The average molecular weight is 306 g/mol. The van der Waals surface area contributed by atoms with Crippen molar-refractivity contribution in [1.82, 2.24) is 10.4 Å². The van der Waals surface area contributed by atoms with Crippen LogP contribution < -0.4 is 5.48 Å². The zero-order chi connectivity index (χ0) is 16.0. The Labute approximate surface area is 132 Å². The summed E-state index contributed by atoms with van der Waals surface area (Å²) in [4.78, 5) is 19.5. The maximum absolute atomic E-state index is 12.5. The number of aliphatic hydroxyl groups is 1. The summed E-state index contributed by atoms with van der Waals surface area (Å²) >= 11 is 0. The quantitative estimate of drug-likeness (QED) is 0.620. The Morgan fingerprint density at radius 2 is 1.95 bits per heavy atom. The molecular formula is C17H26N2O3. The van der Waals surface area contributed by atoms with Crippen molar-refractivity contribution in [3.05, 3.63) is 35.9 Å². The van der Waals surface area contributed by atoms with Crippen LogP contribution in [0.4, 0.5) is 0 Å². The predicted molar refractivity (Wildman–Crippen MR) is 85.2 cm³/mol. The van der Waals surface area contributed by atoms with Gasteiger partial charge in [-0.25, -0.2) is 5.48 Å². The van der Waals surface area contributed by atoms with Crippen molar-refractivity contribution >= 4 is 5.91 Å². The summed E-state index contributed by atoms with van der Waals surface area (Å²) < 4.78 is 0. The Morgan fingerprint density at radius 3 is 2.50 bits per heavy atom. The molecule has 1 aromatic rings. The molecule has 0 radical (unpaired) electrons. The lowest BCUT2D eigenvalue weighted by Gasteiger charge is -2.43. The molecule has 2 N–H and O–H groups in total. The molecule has 1 aliphatic carbocycles. The van der Waals surface area contributed by atoms with Gasteiger partial charge in [-0.3, -0.25) is 14.5 Å². The molecule has 122 valence electrons. The van der Waals surface area contributed by atoms with Gasteiger partial charge in [0.1, 0.15) is 5.54 Å². The Kier molecular flexibility index (Phi) is 5.94. The SMILES string of the molecule is CN(C)C1(C(=O)NOCCO)CCC(c2ccccc2)CC1. The molecule has 0 atom stereocenters. The van der Waals surface area contributed by atoms with Crippen molar-refractivity contribution in [2.75, 3.05) is 27.3 Å². The Balaban J connectivity index is 2.01. The molecule has 2 rings (SSSR count). The van der Waals surface area contributed by atoms with E-state index in [0.29, 0.717) is 5.92 Å². The van der Waals surface area contributed by atoms with Crippen LogP contribution in [0.1, 0.15) is 37.2 Å². The Bertz CT molecular complexity index is 468. The second-order valence-corrected chi connectivity index (χ2v) is 6.11. The topological polar surface area (TPSA) is 61.8 Å². The van der Waals surface area contributed by atoms with Gasteiger partial charge in [-0.1, -0.05) is 30.3 Å². The van der Waals surface area contributed by atoms with E-state index in [1.165, 1.54) is 5.56 Å². The van der Waals surface area contributed by atoms with Crippen LogP contribution >= 0.6 is 0 Å². The maximum atomic E-state index is 12.5. The third-order valence-electron chi connectivity index (χ3n) is 4.72. The fraction of sp³-hybridized carbons (Fsp3) is 0.588. The molecule has 5 heteroatoms. The van der Waals surface area contributed by atoms with E-state index in [0.717, 1.165) is 25.7 Å². The van der Waals surface area contributed by atoms with Gasteiger partial charge in [0.15, 0.2) is 0 Å². The molecule has 0 saturated heterocycles. The van der Waals surface area contributed by atoms with Crippen LogP contribution in [0.5, 0.6) is 0 Å². The Morgan fingerprint density at radius 1 is 1.32 bits per heavy atom. The first-order valence-corrected chi connectivity index (χ1v) is 7.85. The van der Waals surface area contributed by atoms with Gasteiger partial charge in [-0.15, -0.1) is 0 Å². The van der Waals surface area contributed by atoms with Crippen LogP contribution in [0.3, 0.4) is 0 Å². The number of carbonyl (C=O) groups excluding carboxylic acids is 1. The highest BCUT2D eigenvalue weighted by Gasteiger charge is 2.44. The summed E-state index contributed by atoms with van der Waals surface area (Å²) in [6, 6.07) is 10.5. The third-order valence-corrected chi connectivity index (χ3v) is 4.72. The summed E-state index contributed by atoms with van der Waals surface area (Å²) in [5, 5.41) is 8.74. The lowest BCUT2D eigenvalue weighted by Crippen LogP contribution is -2.57. The maximum Gasteiger partial charge on any atom is 0.264 e. The number of nitrogens with zero attached hydrogens (tertiary/aromatic N) is 1. The first-order valence-electron chi connectivity index (χ1n) is 7.85. The van der Waals surface area contributed by atoms with E-state index in [2.05, 4.69) is 29.7 Å². The molecule has 1 aromatic carbocycles. The highest BCUT2D eigenvalue weighted by atomic mass is 16.7. The van der Waals surface area contributed by atoms with Gasteiger partial charge in [0, 0.05) is 0 Å².